The van der Waals surface area contributed by atoms with Gasteiger partial charge in [0.2, 0.25) is 0 Å². The lowest BCUT2D eigenvalue weighted by Gasteiger charge is -2.17. The zero-order chi connectivity index (χ0) is 8.81. The highest BCUT2D eigenvalue weighted by Gasteiger charge is 1.98. The summed E-state index contributed by atoms with van der Waals surface area (Å²) in [6.07, 6.45) is 0. The maximum atomic E-state index is 3.84. The Morgan fingerprint density at radius 3 is 2.08 bits per heavy atom. The van der Waals surface area contributed by atoms with Crippen LogP contribution in [0.5, 0.6) is 0 Å². The van der Waals surface area contributed by atoms with Gasteiger partial charge in [-0.25, -0.2) is 0 Å². The molecule has 0 aliphatic carbocycles. The number of benzene rings is 1. The van der Waals surface area contributed by atoms with Crippen LogP contribution in [0.15, 0.2) is 30.3 Å². The molecule has 2 radical (unpaired) electrons. The second kappa shape index (κ2) is 4.94. The fourth-order valence-corrected chi connectivity index (χ4v) is 1.11. The maximum absolute atomic E-state index is 3.84. The smallest absolute Gasteiger partial charge is 0.0233 e. The Morgan fingerprint density at radius 1 is 1.00 bits per heavy atom. The summed E-state index contributed by atoms with van der Waals surface area (Å²) in [6.45, 7) is 10.3. The van der Waals surface area contributed by atoms with E-state index < -0.39 is 0 Å². The summed E-state index contributed by atoms with van der Waals surface area (Å²) in [4.78, 5) is 2.19. The molecule has 12 heavy (non-hydrogen) atoms. The zero-order valence-electron chi connectivity index (χ0n) is 7.37. The number of nitrogens with zero attached hydrogens (tertiary/aromatic N) is 1. The fourth-order valence-electron chi connectivity index (χ4n) is 1.11. The molecule has 1 aromatic rings. The van der Waals surface area contributed by atoms with E-state index in [0.29, 0.717) is 0 Å². The maximum Gasteiger partial charge on any atom is 0.0233 e. The predicted octanol–water partition coefficient (Wildman–Crippen LogP) is 2.16. The quantitative estimate of drug-likeness (QED) is 0.654. The Kier molecular flexibility index (Phi) is 3.81. The fraction of sp³-hybridized carbons (Fsp3) is 0.273. The molecular formula is C11H15N. The Morgan fingerprint density at radius 2 is 1.58 bits per heavy atom. The zero-order valence-corrected chi connectivity index (χ0v) is 7.37. The molecule has 0 aromatic heterocycles. The van der Waals surface area contributed by atoms with E-state index in [-0.39, 0.29) is 0 Å². The van der Waals surface area contributed by atoms with E-state index >= 15 is 0 Å². The number of rotatable bonds is 4. The van der Waals surface area contributed by atoms with Crippen LogP contribution in [-0.4, -0.2) is 18.0 Å². The van der Waals surface area contributed by atoms with Crippen LogP contribution in [0.2, 0.25) is 0 Å². The highest BCUT2D eigenvalue weighted by molar-refractivity contribution is 5.14. The first-order valence-electron chi connectivity index (χ1n) is 4.21. The van der Waals surface area contributed by atoms with E-state index in [1.807, 2.05) is 6.07 Å². The van der Waals surface area contributed by atoms with Crippen molar-refractivity contribution in [1.82, 2.24) is 4.90 Å². The highest BCUT2D eigenvalue weighted by atomic mass is 15.1. The highest BCUT2D eigenvalue weighted by Crippen LogP contribution is 2.02. The summed E-state index contributed by atoms with van der Waals surface area (Å²) >= 11 is 0. The number of hydrogen-bond donors (Lipinski definition) is 0. The van der Waals surface area contributed by atoms with Crippen LogP contribution in [0.25, 0.3) is 0 Å². The van der Waals surface area contributed by atoms with Crippen molar-refractivity contribution < 1.29 is 0 Å². The van der Waals surface area contributed by atoms with Crippen LogP contribution < -0.4 is 0 Å². The van der Waals surface area contributed by atoms with Gasteiger partial charge in [-0.15, -0.1) is 0 Å². The molecule has 0 saturated heterocycles. The molecule has 0 atom stereocenters. The van der Waals surface area contributed by atoms with E-state index in [0.717, 1.165) is 19.6 Å². The van der Waals surface area contributed by atoms with Crippen LogP contribution in [0.1, 0.15) is 5.56 Å². The van der Waals surface area contributed by atoms with Crippen molar-refractivity contribution in [1.29, 1.82) is 0 Å². The average molecular weight is 161 g/mol. The van der Waals surface area contributed by atoms with Gasteiger partial charge in [0.15, 0.2) is 0 Å². The molecule has 0 N–H and O–H groups in total. The van der Waals surface area contributed by atoms with Crippen molar-refractivity contribution in [2.24, 2.45) is 0 Å². The summed E-state index contributed by atoms with van der Waals surface area (Å²) < 4.78 is 0. The molecule has 0 saturated carbocycles. The average Bonchev–Trinajstić information content (AvgIpc) is 2.16. The Balaban J connectivity index is 2.51. The standard InChI is InChI=1S/C11H15N/c1-3-12(4-2)10-11-8-6-5-7-9-11/h5-9H,1-4,10H2. The van der Waals surface area contributed by atoms with Crippen LogP contribution in [0, 0.1) is 13.8 Å². The van der Waals surface area contributed by atoms with E-state index in [2.05, 4.69) is 43.0 Å². The lowest BCUT2D eigenvalue weighted by atomic mass is 10.2. The molecule has 1 rings (SSSR count). The Hall–Kier alpha value is -0.820. The van der Waals surface area contributed by atoms with Crippen LogP contribution in [-0.2, 0) is 6.54 Å². The van der Waals surface area contributed by atoms with Crippen LogP contribution >= 0.6 is 0 Å². The van der Waals surface area contributed by atoms with Crippen LogP contribution in [0.4, 0.5) is 0 Å². The third kappa shape index (κ3) is 2.67. The van der Waals surface area contributed by atoms with Crippen molar-refractivity contribution in [2.45, 2.75) is 6.54 Å². The van der Waals surface area contributed by atoms with Gasteiger partial charge in [-0.2, -0.15) is 0 Å². The topological polar surface area (TPSA) is 3.24 Å². The molecule has 0 bridgehead atoms. The Labute approximate surface area is 75.0 Å². The van der Waals surface area contributed by atoms with Gasteiger partial charge in [0.1, 0.15) is 0 Å². The molecule has 0 aliphatic rings. The third-order valence-electron chi connectivity index (χ3n) is 1.88. The molecule has 0 amide bonds. The molecular weight excluding hydrogens is 146 g/mol. The van der Waals surface area contributed by atoms with Gasteiger partial charge >= 0.3 is 0 Å². The van der Waals surface area contributed by atoms with Gasteiger partial charge in [0, 0.05) is 6.54 Å². The first-order chi connectivity index (χ1) is 5.86. The summed E-state index contributed by atoms with van der Waals surface area (Å²) in [6, 6.07) is 10.4. The van der Waals surface area contributed by atoms with Gasteiger partial charge in [-0.3, -0.25) is 4.90 Å². The summed E-state index contributed by atoms with van der Waals surface area (Å²) in [5.41, 5.74) is 1.32. The Bertz CT molecular complexity index is 202. The van der Waals surface area contributed by atoms with Crippen molar-refractivity contribution in [2.75, 3.05) is 13.1 Å². The minimum absolute atomic E-state index is 0.818. The second-order valence-electron chi connectivity index (χ2n) is 2.76. The first kappa shape index (κ1) is 9.27. The van der Waals surface area contributed by atoms with Crippen molar-refractivity contribution in [3.05, 3.63) is 49.7 Å². The van der Waals surface area contributed by atoms with Gasteiger partial charge in [-0.05, 0) is 32.5 Å². The third-order valence-corrected chi connectivity index (χ3v) is 1.88. The summed E-state index contributed by atoms with van der Waals surface area (Å²) in [5, 5.41) is 0. The molecule has 0 unspecified atom stereocenters. The SMILES string of the molecule is [CH2]CN(C[CH2])Cc1ccccc1. The minimum Gasteiger partial charge on any atom is -0.299 e. The lowest BCUT2D eigenvalue weighted by Crippen LogP contribution is -2.22. The lowest BCUT2D eigenvalue weighted by molar-refractivity contribution is 0.324. The van der Waals surface area contributed by atoms with Gasteiger partial charge in [0.25, 0.3) is 0 Å². The van der Waals surface area contributed by atoms with E-state index in [9.17, 15) is 0 Å². The predicted molar refractivity (Wildman–Crippen MR) is 52.4 cm³/mol. The summed E-state index contributed by atoms with van der Waals surface area (Å²) in [5.74, 6) is 0. The van der Waals surface area contributed by atoms with Gasteiger partial charge in [-0.1, -0.05) is 30.3 Å². The molecule has 1 heteroatoms. The van der Waals surface area contributed by atoms with Gasteiger partial charge < -0.3 is 0 Å². The molecule has 64 valence electrons. The minimum atomic E-state index is 0.818. The molecule has 1 aromatic carbocycles. The van der Waals surface area contributed by atoms with E-state index in [1.54, 1.807) is 0 Å². The van der Waals surface area contributed by atoms with Crippen molar-refractivity contribution in [3.8, 4) is 0 Å². The summed E-state index contributed by atoms with van der Waals surface area (Å²) in [7, 11) is 0. The van der Waals surface area contributed by atoms with E-state index in [4.69, 9.17) is 0 Å². The van der Waals surface area contributed by atoms with Crippen LogP contribution in [0.3, 0.4) is 0 Å². The number of hydrogen-bond acceptors (Lipinski definition) is 1. The first-order valence-corrected chi connectivity index (χ1v) is 4.21. The molecule has 1 nitrogen and oxygen atoms in total. The molecule has 0 aliphatic heterocycles. The monoisotopic (exact) mass is 161 g/mol. The second-order valence-corrected chi connectivity index (χ2v) is 2.76. The normalized spacial score (nSPS) is 10.6. The molecule has 0 heterocycles. The molecule has 0 spiro atoms. The van der Waals surface area contributed by atoms with Crippen molar-refractivity contribution >= 4 is 0 Å². The van der Waals surface area contributed by atoms with Gasteiger partial charge in [0.05, 0.1) is 0 Å². The molecule has 0 fully saturated rings. The van der Waals surface area contributed by atoms with Crippen molar-refractivity contribution in [3.63, 3.8) is 0 Å². The van der Waals surface area contributed by atoms with E-state index in [1.165, 1.54) is 5.56 Å². The largest absolute Gasteiger partial charge is 0.299 e.